The summed E-state index contributed by atoms with van der Waals surface area (Å²) in [5.41, 5.74) is 0.756. The normalized spacial score (nSPS) is 17.8. The van der Waals surface area contributed by atoms with Gasteiger partial charge in [-0.05, 0) is 43.7 Å². The van der Waals surface area contributed by atoms with E-state index < -0.39 is 11.4 Å². The van der Waals surface area contributed by atoms with Crippen LogP contribution in [-0.2, 0) is 11.2 Å². The van der Waals surface area contributed by atoms with Crippen LogP contribution in [0.1, 0.15) is 37.4 Å². The Kier molecular flexibility index (Phi) is 5.10. The van der Waals surface area contributed by atoms with Crippen molar-refractivity contribution in [1.29, 1.82) is 0 Å². The van der Waals surface area contributed by atoms with Crippen molar-refractivity contribution in [3.63, 3.8) is 0 Å². The lowest BCUT2D eigenvalue weighted by atomic mass is 9.89. The van der Waals surface area contributed by atoms with E-state index in [9.17, 15) is 9.18 Å². The Hall–Kier alpha value is -2.27. The summed E-state index contributed by atoms with van der Waals surface area (Å²) in [4.78, 5) is 12.5. The van der Waals surface area contributed by atoms with Crippen molar-refractivity contribution < 1.29 is 18.7 Å². The van der Waals surface area contributed by atoms with E-state index in [4.69, 9.17) is 21.1 Å². The maximum atomic E-state index is 13.9. The number of fused-ring (bicyclic) bond motifs is 1. The molecule has 1 heterocycles. The molecule has 1 unspecified atom stereocenters. The van der Waals surface area contributed by atoms with Gasteiger partial charge >= 0.3 is 0 Å². The number of halogens is 2. The molecule has 0 saturated carbocycles. The van der Waals surface area contributed by atoms with Crippen LogP contribution in [0.4, 0.5) is 4.39 Å². The minimum Gasteiger partial charge on any atom is -0.497 e. The van der Waals surface area contributed by atoms with E-state index in [2.05, 4.69) is 5.32 Å². The molecule has 0 aromatic heterocycles. The summed E-state index contributed by atoms with van der Waals surface area (Å²) in [6.45, 7) is 3.93. The summed E-state index contributed by atoms with van der Waals surface area (Å²) in [6.07, 6.45) is 0.563. The van der Waals surface area contributed by atoms with E-state index in [0.717, 1.165) is 5.56 Å². The van der Waals surface area contributed by atoms with Crippen LogP contribution in [0.5, 0.6) is 11.5 Å². The third-order valence-electron chi connectivity index (χ3n) is 4.38. The molecular weight excluding hydrogens is 357 g/mol. The number of hydrogen-bond acceptors (Lipinski definition) is 3. The van der Waals surface area contributed by atoms with Crippen molar-refractivity contribution in [2.75, 3.05) is 7.11 Å². The Morgan fingerprint density at radius 2 is 2.12 bits per heavy atom. The number of ether oxygens (including phenoxy) is 2. The summed E-state index contributed by atoms with van der Waals surface area (Å²) < 4.78 is 25.2. The van der Waals surface area contributed by atoms with Gasteiger partial charge in [-0.25, -0.2) is 4.39 Å². The first-order valence-corrected chi connectivity index (χ1v) is 8.75. The van der Waals surface area contributed by atoms with Crippen LogP contribution in [0.3, 0.4) is 0 Å². The maximum Gasteiger partial charge on any atom is 0.225 e. The molecule has 26 heavy (non-hydrogen) atoms. The predicted octanol–water partition coefficient (Wildman–Crippen LogP) is 4.45. The Morgan fingerprint density at radius 1 is 1.35 bits per heavy atom. The number of carbonyl (C=O) groups excluding carboxylic acids is 1. The zero-order valence-electron chi connectivity index (χ0n) is 14.9. The quantitative estimate of drug-likeness (QED) is 0.856. The van der Waals surface area contributed by atoms with Gasteiger partial charge in [-0.15, -0.1) is 0 Å². The highest BCUT2D eigenvalue weighted by atomic mass is 35.5. The molecule has 1 amide bonds. The van der Waals surface area contributed by atoms with E-state index in [-0.39, 0.29) is 18.4 Å². The molecule has 2 aromatic rings. The second-order valence-electron chi connectivity index (χ2n) is 7.00. The van der Waals surface area contributed by atoms with E-state index in [1.54, 1.807) is 13.2 Å². The fourth-order valence-electron chi connectivity index (χ4n) is 3.17. The second kappa shape index (κ2) is 7.16. The SMILES string of the molecule is COc1ccc2c(c1)OC(C)(C)CC2NC(=O)Cc1ccc(Cl)cc1F. The smallest absolute Gasteiger partial charge is 0.225 e. The van der Waals surface area contributed by atoms with Gasteiger partial charge in [0.25, 0.3) is 0 Å². The van der Waals surface area contributed by atoms with Crippen LogP contribution < -0.4 is 14.8 Å². The molecule has 1 N–H and O–H groups in total. The molecule has 2 aromatic carbocycles. The molecule has 0 aliphatic carbocycles. The molecular formula is C20H21ClFNO3. The van der Waals surface area contributed by atoms with Crippen molar-refractivity contribution in [2.45, 2.75) is 38.3 Å². The number of methoxy groups -OCH3 is 1. The number of amides is 1. The van der Waals surface area contributed by atoms with Gasteiger partial charge in [0.05, 0.1) is 19.6 Å². The molecule has 1 aliphatic heterocycles. The molecule has 0 radical (unpaired) electrons. The van der Waals surface area contributed by atoms with Crippen LogP contribution in [0, 0.1) is 5.82 Å². The van der Waals surface area contributed by atoms with Crippen molar-refractivity contribution >= 4 is 17.5 Å². The van der Waals surface area contributed by atoms with Crippen LogP contribution in [0.25, 0.3) is 0 Å². The molecule has 0 fully saturated rings. The predicted molar refractivity (Wildman–Crippen MR) is 98.3 cm³/mol. The maximum absolute atomic E-state index is 13.9. The molecule has 3 rings (SSSR count). The Labute approximate surface area is 157 Å². The molecule has 6 heteroatoms. The highest BCUT2D eigenvalue weighted by Crippen LogP contribution is 2.41. The number of benzene rings is 2. The lowest BCUT2D eigenvalue weighted by Gasteiger charge is -2.38. The van der Waals surface area contributed by atoms with E-state index in [1.165, 1.54) is 12.1 Å². The first-order valence-electron chi connectivity index (χ1n) is 8.38. The number of rotatable bonds is 4. The van der Waals surface area contributed by atoms with Gasteiger partial charge < -0.3 is 14.8 Å². The van der Waals surface area contributed by atoms with Crippen LogP contribution in [0.15, 0.2) is 36.4 Å². The average molecular weight is 378 g/mol. The van der Waals surface area contributed by atoms with Gasteiger partial charge in [0, 0.05) is 23.1 Å². The third kappa shape index (κ3) is 4.10. The van der Waals surface area contributed by atoms with Crippen molar-refractivity contribution in [2.24, 2.45) is 0 Å². The highest BCUT2D eigenvalue weighted by Gasteiger charge is 2.34. The largest absolute Gasteiger partial charge is 0.497 e. The van der Waals surface area contributed by atoms with Crippen molar-refractivity contribution in [1.82, 2.24) is 5.32 Å². The zero-order valence-corrected chi connectivity index (χ0v) is 15.7. The van der Waals surface area contributed by atoms with Gasteiger partial charge in [0.2, 0.25) is 5.91 Å². The number of nitrogens with one attached hydrogen (secondary N) is 1. The molecule has 0 spiro atoms. The van der Waals surface area contributed by atoms with Gasteiger partial charge in [-0.3, -0.25) is 4.79 Å². The van der Waals surface area contributed by atoms with Gasteiger partial charge in [0.1, 0.15) is 22.9 Å². The number of carbonyl (C=O) groups is 1. The fourth-order valence-corrected chi connectivity index (χ4v) is 3.33. The summed E-state index contributed by atoms with van der Waals surface area (Å²) in [6, 6.07) is 9.63. The van der Waals surface area contributed by atoms with Crippen molar-refractivity contribution in [3.05, 3.63) is 58.4 Å². The average Bonchev–Trinajstić information content (AvgIpc) is 2.55. The standard InChI is InChI=1S/C20H21ClFNO3/c1-20(2)11-17(15-7-6-14(25-3)10-18(15)26-20)23-19(24)8-12-4-5-13(21)9-16(12)22/h4-7,9-10,17H,8,11H2,1-3H3,(H,23,24). The Morgan fingerprint density at radius 3 is 2.81 bits per heavy atom. The monoisotopic (exact) mass is 377 g/mol. The topological polar surface area (TPSA) is 47.6 Å². The second-order valence-corrected chi connectivity index (χ2v) is 7.44. The van der Waals surface area contributed by atoms with Crippen LogP contribution >= 0.6 is 11.6 Å². The molecule has 0 saturated heterocycles. The summed E-state index contributed by atoms with van der Waals surface area (Å²) in [5, 5.41) is 3.31. The lowest BCUT2D eigenvalue weighted by molar-refractivity contribution is -0.121. The summed E-state index contributed by atoms with van der Waals surface area (Å²) in [5.74, 6) is 0.638. The molecule has 138 valence electrons. The Bertz CT molecular complexity index is 838. The van der Waals surface area contributed by atoms with E-state index >= 15 is 0 Å². The lowest BCUT2D eigenvalue weighted by Crippen LogP contribution is -2.41. The molecule has 0 bridgehead atoms. The van der Waals surface area contributed by atoms with Crippen LogP contribution in [-0.4, -0.2) is 18.6 Å². The fraction of sp³-hybridized carbons (Fsp3) is 0.350. The minimum atomic E-state index is -0.481. The highest BCUT2D eigenvalue weighted by molar-refractivity contribution is 6.30. The van der Waals surface area contributed by atoms with Gasteiger partial charge in [0.15, 0.2) is 0 Å². The third-order valence-corrected chi connectivity index (χ3v) is 4.61. The molecule has 1 atom stereocenters. The first-order chi connectivity index (χ1) is 12.3. The summed E-state index contributed by atoms with van der Waals surface area (Å²) in [7, 11) is 1.59. The van der Waals surface area contributed by atoms with Crippen molar-refractivity contribution in [3.8, 4) is 11.5 Å². The van der Waals surface area contributed by atoms with E-state index in [1.807, 2.05) is 32.0 Å². The zero-order chi connectivity index (χ0) is 18.9. The van der Waals surface area contributed by atoms with Gasteiger partial charge in [-0.1, -0.05) is 17.7 Å². The minimum absolute atomic E-state index is 0.0493. The number of hydrogen-bond donors (Lipinski definition) is 1. The molecule has 4 nitrogen and oxygen atoms in total. The van der Waals surface area contributed by atoms with E-state index in [0.29, 0.717) is 28.5 Å². The Balaban J connectivity index is 1.79. The first kappa shape index (κ1) is 18.5. The summed E-state index contributed by atoms with van der Waals surface area (Å²) >= 11 is 5.76. The molecule has 1 aliphatic rings. The van der Waals surface area contributed by atoms with Gasteiger partial charge in [-0.2, -0.15) is 0 Å². The van der Waals surface area contributed by atoms with Crippen LogP contribution in [0.2, 0.25) is 5.02 Å².